The van der Waals surface area contributed by atoms with Gasteiger partial charge < -0.3 is 5.32 Å². The number of benzene rings is 1. The molecule has 2 aromatic rings. The maximum atomic E-state index is 11.5. The molecule has 1 atom stereocenters. The van der Waals surface area contributed by atoms with Crippen LogP contribution >= 0.6 is 0 Å². The fourth-order valence-corrected chi connectivity index (χ4v) is 2.91. The third-order valence-corrected chi connectivity index (χ3v) is 4.41. The van der Waals surface area contributed by atoms with Crippen LogP contribution in [0.5, 0.6) is 0 Å². The predicted molar refractivity (Wildman–Crippen MR) is 82.5 cm³/mol. The summed E-state index contributed by atoms with van der Waals surface area (Å²) in [6.45, 7) is 6.55. The Labute approximate surface area is 125 Å². The van der Waals surface area contributed by atoms with E-state index >= 15 is 0 Å². The Balaban J connectivity index is 2.23. The van der Waals surface area contributed by atoms with Gasteiger partial charge in [0.25, 0.3) is 0 Å². The van der Waals surface area contributed by atoms with Crippen LogP contribution in [0.3, 0.4) is 0 Å². The van der Waals surface area contributed by atoms with Gasteiger partial charge in [-0.05, 0) is 38.5 Å². The van der Waals surface area contributed by atoms with Crippen LogP contribution in [0.15, 0.2) is 35.5 Å². The van der Waals surface area contributed by atoms with Crippen molar-refractivity contribution in [3.8, 4) is 0 Å². The molecular formula is C14H20N4O2S. The summed E-state index contributed by atoms with van der Waals surface area (Å²) in [5.41, 5.74) is 2.38. The van der Waals surface area contributed by atoms with Crippen molar-refractivity contribution in [1.82, 2.24) is 9.78 Å². The molecular weight excluding hydrogens is 288 g/mol. The van der Waals surface area contributed by atoms with Crippen molar-refractivity contribution in [3.05, 3.63) is 41.7 Å². The topological polar surface area (TPSA) is 90.0 Å². The molecule has 1 heterocycles. The molecule has 0 aliphatic heterocycles. The van der Waals surface area contributed by atoms with Crippen LogP contribution in [0.2, 0.25) is 0 Å². The number of nitrogens with two attached hydrogens (primary N) is 1. The van der Waals surface area contributed by atoms with Crippen LogP contribution in [-0.2, 0) is 16.6 Å². The van der Waals surface area contributed by atoms with Gasteiger partial charge in [-0.3, -0.25) is 4.68 Å². The lowest BCUT2D eigenvalue weighted by Gasteiger charge is -2.15. The molecule has 0 saturated heterocycles. The molecule has 0 aliphatic rings. The smallest absolute Gasteiger partial charge is 0.238 e. The monoisotopic (exact) mass is 308 g/mol. The van der Waals surface area contributed by atoms with Gasteiger partial charge in [-0.25, -0.2) is 13.6 Å². The lowest BCUT2D eigenvalue weighted by Crippen LogP contribution is -2.14. The molecule has 1 aromatic carbocycles. The van der Waals surface area contributed by atoms with Crippen LogP contribution in [0.25, 0.3) is 0 Å². The minimum atomic E-state index is -3.71. The van der Waals surface area contributed by atoms with E-state index in [1.54, 1.807) is 25.3 Å². The number of aryl methyl sites for hydroxylation is 2. The fourth-order valence-electron chi connectivity index (χ4n) is 2.11. The third-order valence-electron chi connectivity index (χ3n) is 3.36. The van der Waals surface area contributed by atoms with Crippen LogP contribution < -0.4 is 10.5 Å². The zero-order valence-corrected chi connectivity index (χ0v) is 13.2. The molecule has 0 amide bonds. The molecule has 3 N–H and O–H groups in total. The summed E-state index contributed by atoms with van der Waals surface area (Å²) >= 11 is 0. The van der Waals surface area contributed by atoms with Gasteiger partial charge in [0, 0.05) is 24.0 Å². The van der Waals surface area contributed by atoms with E-state index < -0.39 is 10.0 Å². The maximum Gasteiger partial charge on any atom is 0.238 e. The number of nitrogens with zero attached hydrogens (tertiary/aromatic N) is 2. The maximum absolute atomic E-state index is 11.5. The van der Waals surface area contributed by atoms with E-state index in [0.717, 1.165) is 12.1 Å². The summed E-state index contributed by atoms with van der Waals surface area (Å²) in [5.74, 6) is 0. The third kappa shape index (κ3) is 3.62. The number of hydrogen-bond acceptors (Lipinski definition) is 4. The lowest BCUT2D eigenvalue weighted by molar-refractivity contribution is 0.597. The van der Waals surface area contributed by atoms with Crippen molar-refractivity contribution < 1.29 is 8.42 Å². The molecule has 1 aromatic heterocycles. The Hall–Kier alpha value is -1.86. The molecule has 114 valence electrons. The van der Waals surface area contributed by atoms with Gasteiger partial charge in [-0.15, -0.1) is 0 Å². The highest BCUT2D eigenvalue weighted by Crippen LogP contribution is 2.23. The van der Waals surface area contributed by atoms with E-state index in [1.807, 2.05) is 30.8 Å². The van der Waals surface area contributed by atoms with E-state index in [1.165, 1.54) is 0 Å². The zero-order chi connectivity index (χ0) is 15.6. The second-order valence-corrected chi connectivity index (χ2v) is 6.55. The fraction of sp³-hybridized carbons (Fsp3) is 0.357. The highest BCUT2D eigenvalue weighted by atomic mass is 32.2. The summed E-state index contributed by atoms with van der Waals surface area (Å²) in [7, 11) is -3.71. The van der Waals surface area contributed by atoms with Crippen molar-refractivity contribution >= 4 is 15.7 Å². The minimum absolute atomic E-state index is 0.0151. The average Bonchev–Trinajstić information content (AvgIpc) is 2.88. The number of rotatable bonds is 5. The zero-order valence-electron chi connectivity index (χ0n) is 12.4. The summed E-state index contributed by atoms with van der Waals surface area (Å²) in [5, 5.41) is 12.7. The molecule has 6 nitrogen and oxygen atoms in total. The SMILES string of the molecule is CCn1cc(C(C)Nc2ccc(C)c(S(N)(=O)=O)c2)cn1. The molecule has 2 rings (SSSR count). The molecule has 0 saturated carbocycles. The van der Waals surface area contributed by atoms with Gasteiger partial charge >= 0.3 is 0 Å². The summed E-state index contributed by atoms with van der Waals surface area (Å²) in [4.78, 5) is 0.143. The first-order chi connectivity index (χ1) is 9.81. The van der Waals surface area contributed by atoms with Crippen LogP contribution in [0.4, 0.5) is 5.69 Å². The summed E-state index contributed by atoms with van der Waals surface area (Å²) < 4.78 is 24.9. The Bertz CT molecular complexity index is 737. The standard InChI is InChI=1S/C14H20N4O2S/c1-4-18-9-12(8-16-18)11(3)17-13-6-5-10(2)14(7-13)21(15,19)20/h5-9,11,17H,4H2,1-3H3,(H2,15,19,20). The quantitative estimate of drug-likeness (QED) is 0.884. The molecule has 0 radical (unpaired) electrons. The number of anilines is 1. The molecule has 1 unspecified atom stereocenters. The lowest BCUT2D eigenvalue weighted by atomic mass is 10.1. The van der Waals surface area contributed by atoms with Crippen LogP contribution in [0, 0.1) is 6.92 Å². The Morgan fingerprint density at radius 2 is 2.14 bits per heavy atom. The van der Waals surface area contributed by atoms with Gasteiger partial charge in [0.1, 0.15) is 0 Å². The Kier molecular flexibility index (Phi) is 4.34. The number of aromatic nitrogens is 2. The minimum Gasteiger partial charge on any atom is -0.378 e. The summed E-state index contributed by atoms with van der Waals surface area (Å²) in [6, 6.07) is 5.15. The van der Waals surface area contributed by atoms with Gasteiger partial charge in [0.2, 0.25) is 10.0 Å². The van der Waals surface area contributed by atoms with Gasteiger partial charge in [0.05, 0.1) is 17.1 Å². The molecule has 0 bridgehead atoms. The first-order valence-electron chi connectivity index (χ1n) is 6.73. The molecule has 0 spiro atoms. The van der Waals surface area contributed by atoms with Crippen LogP contribution in [-0.4, -0.2) is 18.2 Å². The van der Waals surface area contributed by atoms with Gasteiger partial charge in [0.15, 0.2) is 0 Å². The second-order valence-electron chi connectivity index (χ2n) is 5.02. The van der Waals surface area contributed by atoms with Gasteiger partial charge in [-0.1, -0.05) is 6.07 Å². The number of sulfonamides is 1. The van der Waals surface area contributed by atoms with Crippen molar-refractivity contribution in [2.24, 2.45) is 5.14 Å². The Morgan fingerprint density at radius 3 is 2.71 bits per heavy atom. The van der Waals surface area contributed by atoms with Crippen molar-refractivity contribution in [3.63, 3.8) is 0 Å². The highest BCUT2D eigenvalue weighted by molar-refractivity contribution is 7.89. The van der Waals surface area contributed by atoms with Gasteiger partial charge in [-0.2, -0.15) is 5.10 Å². The van der Waals surface area contributed by atoms with Crippen LogP contribution in [0.1, 0.15) is 31.0 Å². The van der Waals surface area contributed by atoms with Crippen molar-refractivity contribution in [1.29, 1.82) is 0 Å². The molecule has 21 heavy (non-hydrogen) atoms. The largest absolute Gasteiger partial charge is 0.378 e. The molecule has 7 heteroatoms. The second kappa shape index (κ2) is 5.87. The first kappa shape index (κ1) is 15.5. The molecule has 0 aliphatic carbocycles. The van der Waals surface area contributed by atoms with E-state index in [-0.39, 0.29) is 10.9 Å². The highest BCUT2D eigenvalue weighted by Gasteiger charge is 2.14. The average molecular weight is 308 g/mol. The number of nitrogens with one attached hydrogen (secondary N) is 1. The first-order valence-corrected chi connectivity index (χ1v) is 8.28. The van der Waals surface area contributed by atoms with E-state index in [0.29, 0.717) is 11.3 Å². The van der Waals surface area contributed by atoms with Crippen molar-refractivity contribution in [2.45, 2.75) is 38.3 Å². The van der Waals surface area contributed by atoms with E-state index in [4.69, 9.17) is 5.14 Å². The van der Waals surface area contributed by atoms with E-state index in [2.05, 4.69) is 10.4 Å². The Morgan fingerprint density at radius 1 is 1.43 bits per heavy atom. The molecule has 0 fully saturated rings. The summed E-state index contributed by atoms with van der Waals surface area (Å²) in [6.07, 6.45) is 3.77. The predicted octanol–water partition coefficient (Wildman–Crippen LogP) is 2.03. The number of hydrogen-bond donors (Lipinski definition) is 2. The normalized spacial score (nSPS) is 13.1. The van der Waals surface area contributed by atoms with E-state index in [9.17, 15) is 8.42 Å². The van der Waals surface area contributed by atoms with Crippen molar-refractivity contribution in [2.75, 3.05) is 5.32 Å². The number of primary sulfonamides is 1.